The van der Waals surface area contributed by atoms with E-state index in [-0.39, 0.29) is 6.54 Å². The maximum Gasteiger partial charge on any atom is 0.335 e. The van der Waals surface area contributed by atoms with Crippen LogP contribution in [-0.2, 0) is 9.59 Å². The number of carbonyl (C=O) groups excluding carboxylic acids is 4. The third kappa shape index (κ3) is 5.06. The van der Waals surface area contributed by atoms with Crippen molar-refractivity contribution < 1.29 is 19.2 Å². The third-order valence-electron chi connectivity index (χ3n) is 2.94. The molecule has 0 aliphatic carbocycles. The fourth-order valence-corrected chi connectivity index (χ4v) is 1.77. The zero-order valence-electron chi connectivity index (χ0n) is 13.0. The second-order valence-electron chi connectivity index (χ2n) is 4.39. The molecule has 1 rings (SSSR count). The van der Waals surface area contributed by atoms with E-state index in [0.29, 0.717) is 4.90 Å². The standard InChI is InChI=1S/C16H18N3O4/c1-3-18(15(22)17-2)16(23)19(11-12-20)14(21)10-9-13-7-5-4-6-8-13/h4-10H,3,11H2,1-2H3,(H,17,22). The smallest absolute Gasteiger partial charge is 0.335 e. The van der Waals surface area contributed by atoms with Crippen molar-refractivity contribution in [2.45, 2.75) is 6.92 Å². The van der Waals surface area contributed by atoms with E-state index >= 15 is 0 Å². The van der Waals surface area contributed by atoms with Gasteiger partial charge in [0.15, 0.2) is 0 Å². The van der Waals surface area contributed by atoms with Gasteiger partial charge in [0.05, 0.1) is 6.54 Å². The van der Waals surface area contributed by atoms with E-state index in [9.17, 15) is 19.2 Å². The number of nitrogens with zero attached hydrogens (tertiary/aromatic N) is 2. The molecule has 7 nitrogen and oxygen atoms in total. The average molecular weight is 316 g/mol. The number of amides is 5. The zero-order chi connectivity index (χ0) is 17.2. The Bertz CT molecular complexity index is 599. The highest BCUT2D eigenvalue weighted by Gasteiger charge is 2.27. The fourth-order valence-electron chi connectivity index (χ4n) is 1.77. The summed E-state index contributed by atoms with van der Waals surface area (Å²) in [6.07, 6.45) is 4.19. The Hall–Kier alpha value is -2.96. The molecule has 23 heavy (non-hydrogen) atoms. The number of nitrogens with one attached hydrogen (secondary N) is 1. The van der Waals surface area contributed by atoms with Crippen LogP contribution in [0.1, 0.15) is 12.5 Å². The molecule has 0 fully saturated rings. The minimum Gasteiger partial charge on any atom is -0.341 e. The largest absolute Gasteiger partial charge is 0.341 e. The van der Waals surface area contributed by atoms with Gasteiger partial charge in [-0.05, 0) is 18.6 Å². The van der Waals surface area contributed by atoms with Crippen LogP contribution in [0, 0.1) is 0 Å². The molecule has 1 aromatic carbocycles. The van der Waals surface area contributed by atoms with Crippen molar-refractivity contribution >= 4 is 30.3 Å². The summed E-state index contributed by atoms with van der Waals surface area (Å²) in [7, 11) is 1.37. The second-order valence-corrected chi connectivity index (χ2v) is 4.39. The van der Waals surface area contributed by atoms with Crippen molar-refractivity contribution in [3.05, 3.63) is 42.0 Å². The van der Waals surface area contributed by atoms with E-state index < -0.39 is 24.5 Å². The number of hydrogen-bond donors (Lipinski definition) is 1. The van der Waals surface area contributed by atoms with Crippen molar-refractivity contribution in [3.8, 4) is 0 Å². The number of imide groups is 2. The van der Waals surface area contributed by atoms with Crippen LogP contribution in [0.5, 0.6) is 0 Å². The van der Waals surface area contributed by atoms with Gasteiger partial charge in [-0.1, -0.05) is 30.3 Å². The van der Waals surface area contributed by atoms with Gasteiger partial charge >= 0.3 is 12.1 Å². The van der Waals surface area contributed by atoms with Crippen LogP contribution in [0.4, 0.5) is 9.59 Å². The van der Waals surface area contributed by atoms with Gasteiger partial charge in [0.1, 0.15) is 0 Å². The number of benzene rings is 1. The molecule has 1 aromatic rings. The number of hydrogen-bond acceptors (Lipinski definition) is 4. The summed E-state index contributed by atoms with van der Waals surface area (Å²) in [5.41, 5.74) is 0.766. The first-order valence-electron chi connectivity index (χ1n) is 6.98. The van der Waals surface area contributed by atoms with Crippen LogP contribution in [-0.4, -0.2) is 54.2 Å². The van der Waals surface area contributed by atoms with Crippen molar-refractivity contribution in [1.82, 2.24) is 15.1 Å². The monoisotopic (exact) mass is 316 g/mol. The minimum absolute atomic E-state index is 0.0591. The quantitative estimate of drug-likeness (QED) is 0.832. The average Bonchev–Trinajstić information content (AvgIpc) is 2.58. The van der Waals surface area contributed by atoms with E-state index in [1.54, 1.807) is 31.2 Å². The number of rotatable bonds is 5. The Balaban J connectivity index is 2.93. The maximum absolute atomic E-state index is 12.3. The molecular formula is C16H18N3O4. The Morgan fingerprint density at radius 1 is 1.17 bits per heavy atom. The lowest BCUT2D eigenvalue weighted by atomic mass is 10.2. The lowest BCUT2D eigenvalue weighted by Crippen LogP contribution is -2.51. The molecule has 0 saturated heterocycles. The summed E-state index contributed by atoms with van der Waals surface area (Å²) in [5.74, 6) is -0.704. The first kappa shape index (κ1) is 18.1. The Morgan fingerprint density at radius 2 is 1.83 bits per heavy atom. The van der Waals surface area contributed by atoms with E-state index in [1.165, 1.54) is 25.5 Å². The molecule has 121 valence electrons. The van der Waals surface area contributed by atoms with Gasteiger partial charge in [-0.15, -0.1) is 0 Å². The van der Waals surface area contributed by atoms with Gasteiger partial charge in [0.25, 0.3) is 5.91 Å². The molecule has 0 aromatic heterocycles. The number of urea groups is 2. The molecule has 0 atom stereocenters. The molecule has 5 amide bonds. The SMILES string of the molecule is CCN(C(=O)NC)C(=O)N(C[C]=O)C(=O)C=Cc1ccccc1. The molecule has 0 aliphatic rings. The number of carbonyl (C=O) groups is 3. The highest BCUT2D eigenvalue weighted by atomic mass is 16.2. The van der Waals surface area contributed by atoms with Crippen molar-refractivity contribution in [2.24, 2.45) is 0 Å². The summed E-state index contributed by atoms with van der Waals surface area (Å²) >= 11 is 0. The van der Waals surface area contributed by atoms with Crippen LogP contribution in [0.25, 0.3) is 6.08 Å². The van der Waals surface area contributed by atoms with Crippen molar-refractivity contribution in [3.63, 3.8) is 0 Å². The molecule has 0 bridgehead atoms. The normalized spacial score (nSPS) is 10.2. The van der Waals surface area contributed by atoms with Crippen LogP contribution < -0.4 is 5.32 Å². The molecule has 0 spiro atoms. The Morgan fingerprint density at radius 3 is 2.35 bits per heavy atom. The van der Waals surface area contributed by atoms with Gasteiger partial charge in [0, 0.05) is 19.7 Å². The summed E-state index contributed by atoms with van der Waals surface area (Å²) in [6, 6.07) is 7.47. The highest BCUT2D eigenvalue weighted by molar-refractivity contribution is 6.07. The van der Waals surface area contributed by atoms with Gasteiger partial charge < -0.3 is 5.32 Å². The lowest BCUT2D eigenvalue weighted by Gasteiger charge is -2.24. The predicted octanol–water partition coefficient (Wildman–Crippen LogP) is 1.42. The first-order valence-corrected chi connectivity index (χ1v) is 6.98. The van der Waals surface area contributed by atoms with E-state index in [0.717, 1.165) is 10.5 Å². The highest BCUT2D eigenvalue weighted by Crippen LogP contribution is 2.05. The van der Waals surface area contributed by atoms with E-state index in [4.69, 9.17) is 0 Å². The first-order chi connectivity index (χ1) is 11.0. The van der Waals surface area contributed by atoms with Gasteiger partial charge in [-0.25, -0.2) is 14.5 Å². The second kappa shape index (κ2) is 9.14. The van der Waals surface area contributed by atoms with E-state index in [1.807, 2.05) is 6.07 Å². The van der Waals surface area contributed by atoms with Gasteiger partial charge in [-0.2, -0.15) is 0 Å². The molecule has 0 saturated carbocycles. The molecule has 7 heteroatoms. The van der Waals surface area contributed by atoms with Crippen LogP contribution in [0.15, 0.2) is 36.4 Å². The van der Waals surface area contributed by atoms with Crippen molar-refractivity contribution in [1.29, 1.82) is 0 Å². The van der Waals surface area contributed by atoms with E-state index in [2.05, 4.69) is 5.32 Å². The molecule has 1 radical (unpaired) electrons. The molecule has 0 heterocycles. The lowest BCUT2D eigenvalue weighted by molar-refractivity contribution is -0.123. The topological polar surface area (TPSA) is 86.8 Å². The Kier molecular flexibility index (Phi) is 7.19. The predicted molar refractivity (Wildman–Crippen MR) is 85.1 cm³/mol. The van der Waals surface area contributed by atoms with Crippen LogP contribution in [0.2, 0.25) is 0 Å². The summed E-state index contributed by atoms with van der Waals surface area (Å²) in [5, 5.41) is 2.30. The summed E-state index contributed by atoms with van der Waals surface area (Å²) in [4.78, 5) is 48.2. The maximum atomic E-state index is 12.3. The van der Waals surface area contributed by atoms with Crippen molar-refractivity contribution in [2.75, 3.05) is 20.1 Å². The van der Waals surface area contributed by atoms with Gasteiger partial charge in [0.2, 0.25) is 6.29 Å². The van der Waals surface area contributed by atoms with Crippen LogP contribution >= 0.6 is 0 Å². The zero-order valence-corrected chi connectivity index (χ0v) is 13.0. The Labute approximate surface area is 134 Å². The molecule has 1 N–H and O–H groups in total. The summed E-state index contributed by atoms with van der Waals surface area (Å²) < 4.78 is 0. The van der Waals surface area contributed by atoms with Crippen LogP contribution in [0.3, 0.4) is 0 Å². The minimum atomic E-state index is -0.877. The summed E-state index contributed by atoms with van der Waals surface area (Å²) in [6.45, 7) is 1.09. The third-order valence-corrected chi connectivity index (χ3v) is 2.94. The molecular weight excluding hydrogens is 298 g/mol. The van der Waals surface area contributed by atoms with Gasteiger partial charge in [-0.3, -0.25) is 14.5 Å². The molecule has 0 unspecified atom stereocenters. The molecule has 0 aliphatic heterocycles. The fraction of sp³-hybridized carbons (Fsp3) is 0.250.